The number of carbonyl (C=O) groups excluding carboxylic acids is 2. The number of amides is 2. The summed E-state index contributed by atoms with van der Waals surface area (Å²) < 4.78 is 0. The second-order valence-electron chi connectivity index (χ2n) is 5.91. The number of hydrogen-bond donors (Lipinski definition) is 0. The molecule has 0 spiro atoms. The first-order valence-corrected chi connectivity index (χ1v) is 7.89. The monoisotopic (exact) mass is 294 g/mol. The topological polar surface area (TPSA) is 40.6 Å². The molecule has 1 saturated heterocycles. The quantitative estimate of drug-likeness (QED) is 0.799. The number of anilines is 1. The molecule has 1 fully saturated rings. The Morgan fingerprint density at radius 1 is 0.955 bits per heavy atom. The maximum Gasteiger partial charge on any atom is 0.261 e. The Kier molecular flexibility index (Phi) is 2.93. The summed E-state index contributed by atoms with van der Waals surface area (Å²) in [5.74, 6) is -0.353. The Balaban J connectivity index is 2.00. The molecular weight excluding hydrogens is 276 g/mol. The second kappa shape index (κ2) is 4.83. The predicted octanol–water partition coefficient (Wildman–Crippen LogP) is 3.06. The van der Waals surface area contributed by atoms with Gasteiger partial charge in [0.1, 0.15) is 0 Å². The van der Waals surface area contributed by atoms with Crippen molar-refractivity contribution in [1.82, 2.24) is 4.90 Å². The molecule has 2 amide bonds. The van der Waals surface area contributed by atoms with Crippen LogP contribution in [0.5, 0.6) is 0 Å². The van der Waals surface area contributed by atoms with E-state index < -0.39 is 0 Å². The van der Waals surface area contributed by atoms with Gasteiger partial charge in [0.2, 0.25) is 0 Å². The Morgan fingerprint density at radius 2 is 1.64 bits per heavy atom. The molecule has 0 aromatic heterocycles. The van der Waals surface area contributed by atoms with Crippen LogP contribution in [0.4, 0.5) is 5.69 Å². The summed E-state index contributed by atoms with van der Waals surface area (Å²) >= 11 is 0. The molecule has 2 aromatic rings. The second-order valence-corrected chi connectivity index (χ2v) is 5.91. The number of carbonyl (C=O) groups is 2. The molecule has 2 aliphatic heterocycles. The van der Waals surface area contributed by atoms with Gasteiger partial charge in [-0.05, 0) is 38.0 Å². The minimum atomic E-state index is -0.177. The van der Waals surface area contributed by atoms with Gasteiger partial charge in [0.05, 0.1) is 0 Å². The van der Waals surface area contributed by atoms with Crippen LogP contribution >= 0.6 is 0 Å². The van der Waals surface area contributed by atoms with E-state index in [9.17, 15) is 9.59 Å². The fraction of sp³-hybridized carbons (Fsp3) is 0.333. The van der Waals surface area contributed by atoms with Crippen LogP contribution in [-0.4, -0.2) is 36.3 Å². The van der Waals surface area contributed by atoms with E-state index in [0.717, 1.165) is 29.5 Å². The van der Waals surface area contributed by atoms with Crippen LogP contribution in [-0.2, 0) is 0 Å². The maximum absolute atomic E-state index is 12.6. The van der Waals surface area contributed by atoms with Gasteiger partial charge in [-0.2, -0.15) is 0 Å². The molecule has 4 heteroatoms. The summed E-state index contributed by atoms with van der Waals surface area (Å²) in [4.78, 5) is 28.8. The molecule has 0 saturated carbocycles. The van der Waals surface area contributed by atoms with E-state index >= 15 is 0 Å². The van der Waals surface area contributed by atoms with E-state index in [4.69, 9.17) is 0 Å². The van der Waals surface area contributed by atoms with Crippen LogP contribution in [0.3, 0.4) is 0 Å². The van der Waals surface area contributed by atoms with Gasteiger partial charge in [-0.1, -0.05) is 12.1 Å². The number of nitrogens with zero attached hydrogens (tertiary/aromatic N) is 2. The van der Waals surface area contributed by atoms with Crippen molar-refractivity contribution in [2.75, 3.05) is 24.5 Å². The highest BCUT2D eigenvalue weighted by Crippen LogP contribution is 2.36. The molecule has 0 radical (unpaired) electrons. The van der Waals surface area contributed by atoms with E-state index in [1.54, 1.807) is 0 Å². The number of rotatable bonds is 2. The Morgan fingerprint density at radius 3 is 2.32 bits per heavy atom. The molecule has 112 valence electrons. The molecule has 2 aliphatic rings. The van der Waals surface area contributed by atoms with Gasteiger partial charge < -0.3 is 4.90 Å². The molecular formula is C18H18N2O2. The minimum absolute atomic E-state index is 0.177. The van der Waals surface area contributed by atoms with E-state index in [2.05, 4.69) is 4.90 Å². The number of imide groups is 1. The molecule has 22 heavy (non-hydrogen) atoms. The maximum atomic E-state index is 12.6. The zero-order valence-corrected chi connectivity index (χ0v) is 12.6. The van der Waals surface area contributed by atoms with Crippen LogP contribution in [0.15, 0.2) is 30.3 Å². The van der Waals surface area contributed by atoms with Crippen LogP contribution in [0.2, 0.25) is 0 Å². The van der Waals surface area contributed by atoms with Crippen molar-refractivity contribution >= 4 is 28.3 Å². The average Bonchev–Trinajstić information content (AvgIpc) is 3.07. The lowest BCUT2D eigenvalue weighted by Gasteiger charge is -2.28. The lowest BCUT2D eigenvalue weighted by atomic mass is 9.93. The summed E-state index contributed by atoms with van der Waals surface area (Å²) in [5, 5.41) is 1.85. The van der Waals surface area contributed by atoms with Gasteiger partial charge in [-0.3, -0.25) is 14.5 Å². The summed E-state index contributed by atoms with van der Waals surface area (Å²) in [7, 11) is 0. The molecule has 0 N–H and O–H groups in total. The third-order valence-electron chi connectivity index (χ3n) is 4.73. The Hall–Kier alpha value is -2.36. The highest BCUT2D eigenvalue weighted by Gasteiger charge is 2.32. The van der Waals surface area contributed by atoms with Crippen molar-refractivity contribution in [2.45, 2.75) is 19.8 Å². The van der Waals surface area contributed by atoms with Crippen LogP contribution in [0.25, 0.3) is 10.8 Å². The molecule has 2 aromatic carbocycles. The molecule has 4 rings (SSSR count). The normalized spacial score (nSPS) is 17.7. The van der Waals surface area contributed by atoms with Crippen molar-refractivity contribution in [1.29, 1.82) is 0 Å². The van der Waals surface area contributed by atoms with Gasteiger partial charge in [0, 0.05) is 47.2 Å². The average molecular weight is 294 g/mol. The van der Waals surface area contributed by atoms with Gasteiger partial charge in [-0.15, -0.1) is 0 Å². The SMILES string of the molecule is CCN1C(=O)c2cccc3c(N4CCCC4)ccc(c23)C1=O. The van der Waals surface area contributed by atoms with Crippen molar-refractivity contribution in [3.05, 3.63) is 41.5 Å². The highest BCUT2D eigenvalue weighted by molar-refractivity contribution is 6.26. The van der Waals surface area contributed by atoms with Crippen molar-refractivity contribution in [3.8, 4) is 0 Å². The standard InChI is InChI=1S/C18H18N2O2/c1-2-20-17(21)13-7-5-6-12-15(19-10-3-4-11-19)9-8-14(16(12)13)18(20)22/h5-9H,2-4,10-11H2,1H3. The summed E-state index contributed by atoms with van der Waals surface area (Å²) in [6, 6.07) is 9.70. The lowest BCUT2D eigenvalue weighted by molar-refractivity contribution is 0.0619. The zero-order valence-electron chi connectivity index (χ0n) is 12.6. The number of hydrogen-bond acceptors (Lipinski definition) is 3. The highest BCUT2D eigenvalue weighted by atomic mass is 16.2. The van der Waals surface area contributed by atoms with E-state index in [0.29, 0.717) is 17.7 Å². The fourth-order valence-corrected chi connectivity index (χ4v) is 3.65. The first kappa shape index (κ1) is 13.3. The van der Waals surface area contributed by atoms with Crippen LogP contribution in [0.1, 0.15) is 40.5 Å². The summed E-state index contributed by atoms with van der Waals surface area (Å²) in [6.45, 7) is 4.32. The molecule has 0 aliphatic carbocycles. The lowest BCUT2D eigenvalue weighted by Crippen LogP contribution is -2.40. The molecule has 0 bridgehead atoms. The van der Waals surface area contributed by atoms with Crippen molar-refractivity contribution in [3.63, 3.8) is 0 Å². The largest absolute Gasteiger partial charge is 0.371 e. The van der Waals surface area contributed by atoms with Gasteiger partial charge in [-0.25, -0.2) is 0 Å². The Bertz CT molecular complexity index is 769. The van der Waals surface area contributed by atoms with E-state index in [1.165, 1.54) is 17.7 Å². The summed E-state index contributed by atoms with van der Waals surface area (Å²) in [5.41, 5.74) is 2.44. The first-order chi connectivity index (χ1) is 10.7. The summed E-state index contributed by atoms with van der Waals surface area (Å²) in [6.07, 6.45) is 2.40. The van der Waals surface area contributed by atoms with Crippen LogP contribution < -0.4 is 4.90 Å². The van der Waals surface area contributed by atoms with E-state index in [-0.39, 0.29) is 11.8 Å². The minimum Gasteiger partial charge on any atom is -0.371 e. The van der Waals surface area contributed by atoms with Gasteiger partial charge in [0.15, 0.2) is 0 Å². The molecule has 4 nitrogen and oxygen atoms in total. The van der Waals surface area contributed by atoms with Crippen molar-refractivity contribution in [2.24, 2.45) is 0 Å². The van der Waals surface area contributed by atoms with Gasteiger partial charge in [0.25, 0.3) is 11.8 Å². The molecule has 0 atom stereocenters. The zero-order chi connectivity index (χ0) is 15.3. The Labute approximate surface area is 129 Å². The predicted molar refractivity (Wildman–Crippen MR) is 86.4 cm³/mol. The third-order valence-corrected chi connectivity index (χ3v) is 4.73. The molecule has 0 unspecified atom stereocenters. The molecule has 2 heterocycles. The van der Waals surface area contributed by atoms with Gasteiger partial charge >= 0.3 is 0 Å². The first-order valence-electron chi connectivity index (χ1n) is 7.89. The number of benzene rings is 2. The van der Waals surface area contributed by atoms with Crippen LogP contribution in [0, 0.1) is 0 Å². The smallest absolute Gasteiger partial charge is 0.261 e. The van der Waals surface area contributed by atoms with E-state index in [1.807, 2.05) is 37.3 Å². The van der Waals surface area contributed by atoms with Crippen molar-refractivity contribution < 1.29 is 9.59 Å². The third kappa shape index (κ3) is 1.70. The fourth-order valence-electron chi connectivity index (χ4n) is 3.65.